The van der Waals surface area contributed by atoms with Gasteiger partial charge in [-0.2, -0.15) is 5.26 Å². The van der Waals surface area contributed by atoms with Gasteiger partial charge in [-0.3, -0.25) is 14.5 Å². The fourth-order valence-electron chi connectivity index (χ4n) is 6.28. The Morgan fingerprint density at radius 2 is 1.75 bits per heavy atom. The van der Waals surface area contributed by atoms with Gasteiger partial charge in [0, 0.05) is 49.2 Å². The number of nitriles is 1. The van der Waals surface area contributed by atoms with Crippen molar-refractivity contribution in [2.24, 2.45) is 0 Å². The first kappa shape index (κ1) is 31.6. The van der Waals surface area contributed by atoms with Crippen molar-refractivity contribution in [2.75, 3.05) is 44.7 Å². The SMILES string of the molecule is CN1C(=O)N(c2cc(Cl)cc(Cl)c2)C(=O)[C@]12CN(CC(=O)N1CCC(NC(=O)OC(C)(C)C)C1)C[C@H]2c1ccc(C#N)cc1. The Morgan fingerprint density at radius 1 is 1.09 bits per heavy atom. The van der Waals surface area contributed by atoms with E-state index in [1.165, 1.54) is 23.1 Å². The average molecular weight is 642 g/mol. The summed E-state index contributed by atoms with van der Waals surface area (Å²) in [5.74, 6) is -1.09. The number of urea groups is 1. The third kappa shape index (κ3) is 6.07. The summed E-state index contributed by atoms with van der Waals surface area (Å²) in [5, 5.41) is 12.7. The molecule has 2 aromatic rings. The summed E-state index contributed by atoms with van der Waals surface area (Å²) >= 11 is 12.4. The zero-order valence-electron chi connectivity index (χ0n) is 25.0. The summed E-state index contributed by atoms with van der Waals surface area (Å²) in [6.07, 6.45) is 0.0666. The second kappa shape index (κ2) is 11.9. The maximum absolute atomic E-state index is 14.4. The molecule has 3 heterocycles. The number of carbonyl (C=O) groups is 4. The Labute approximate surface area is 266 Å². The summed E-state index contributed by atoms with van der Waals surface area (Å²) in [6, 6.07) is 12.8. The lowest BCUT2D eigenvalue weighted by Crippen LogP contribution is -2.54. The first-order valence-electron chi connectivity index (χ1n) is 14.3. The molecular weight excluding hydrogens is 607 g/mol. The second-order valence-electron chi connectivity index (χ2n) is 12.5. The lowest BCUT2D eigenvalue weighted by molar-refractivity contribution is -0.132. The van der Waals surface area contributed by atoms with Gasteiger partial charge in [0.2, 0.25) is 5.91 Å². The van der Waals surface area contributed by atoms with E-state index in [-0.39, 0.29) is 40.8 Å². The number of likely N-dealkylation sites (tertiary alicyclic amines) is 2. The first-order chi connectivity index (χ1) is 20.7. The molecule has 1 N–H and O–H groups in total. The number of halogens is 2. The molecule has 13 heteroatoms. The van der Waals surface area contributed by atoms with Gasteiger partial charge >= 0.3 is 12.1 Å². The quantitative estimate of drug-likeness (QED) is 0.485. The number of nitrogens with one attached hydrogen (secondary N) is 1. The molecule has 5 amide bonds. The normalized spacial score (nSPS) is 23.9. The number of ether oxygens (including phenoxy) is 1. The van der Waals surface area contributed by atoms with E-state index >= 15 is 0 Å². The smallest absolute Gasteiger partial charge is 0.407 e. The Hall–Kier alpha value is -3.85. The van der Waals surface area contributed by atoms with Crippen molar-refractivity contribution in [3.8, 4) is 6.07 Å². The third-order valence-corrected chi connectivity index (χ3v) is 8.74. The van der Waals surface area contributed by atoms with Crippen molar-refractivity contribution < 1.29 is 23.9 Å². The molecule has 1 spiro atoms. The van der Waals surface area contributed by atoms with E-state index in [2.05, 4.69) is 11.4 Å². The van der Waals surface area contributed by atoms with Gasteiger partial charge in [0.15, 0.2) is 0 Å². The van der Waals surface area contributed by atoms with Crippen LogP contribution in [0, 0.1) is 11.3 Å². The van der Waals surface area contributed by atoms with E-state index in [9.17, 15) is 24.4 Å². The summed E-state index contributed by atoms with van der Waals surface area (Å²) in [7, 11) is 1.59. The third-order valence-electron chi connectivity index (χ3n) is 8.30. The van der Waals surface area contributed by atoms with Crippen LogP contribution in [-0.4, -0.2) is 95.6 Å². The molecule has 44 heavy (non-hydrogen) atoms. The minimum Gasteiger partial charge on any atom is -0.444 e. The number of likely N-dealkylation sites (N-methyl/N-ethyl adjacent to an activating group) is 1. The van der Waals surface area contributed by atoms with Crippen molar-refractivity contribution in [1.82, 2.24) is 20.0 Å². The number of imide groups is 1. The highest BCUT2D eigenvalue weighted by Crippen LogP contribution is 2.46. The summed E-state index contributed by atoms with van der Waals surface area (Å²) in [6.45, 7) is 6.62. The van der Waals surface area contributed by atoms with Crippen LogP contribution in [0.2, 0.25) is 10.0 Å². The summed E-state index contributed by atoms with van der Waals surface area (Å²) < 4.78 is 5.35. The fourth-order valence-corrected chi connectivity index (χ4v) is 6.80. The Kier molecular flexibility index (Phi) is 8.55. The summed E-state index contributed by atoms with van der Waals surface area (Å²) in [4.78, 5) is 59.9. The van der Waals surface area contributed by atoms with E-state index in [4.69, 9.17) is 27.9 Å². The molecule has 0 aromatic heterocycles. The highest BCUT2D eigenvalue weighted by Gasteiger charge is 2.64. The largest absolute Gasteiger partial charge is 0.444 e. The maximum Gasteiger partial charge on any atom is 0.407 e. The molecule has 0 aliphatic carbocycles. The lowest BCUT2D eigenvalue weighted by Gasteiger charge is -2.34. The molecule has 0 radical (unpaired) electrons. The predicted molar refractivity (Wildman–Crippen MR) is 165 cm³/mol. The molecule has 3 saturated heterocycles. The van der Waals surface area contributed by atoms with Crippen LogP contribution in [0.4, 0.5) is 15.3 Å². The minimum absolute atomic E-state index is 0.0198. The zero-order valence-corrected chi connectivity index (χ0v) is 26.5. The van der Waals surface area contributed by atoms with E-state index in [1.54, 1.807) is 57.0 Å². The van der Waals surface area contributed by atoms with Crippen molar-refractivity contribution in [2.45, 2.75) is 50.3 Å². The van der Waals surface area contributed by atoms with Crippen LogP contribution < -0.4 is 10.2 Å². The molecule has 1 unspecified atom stereocenters. The van der Waals surface area contributed by atoms with Crippen molar-refractivity contribution in [3.63, 3.8) is 0 Å². The lowest BCUT2D eigenvalue weighted by atomic mass is 9.80. The van der Waals surface area contributed by atoms with Gasteiger partial charge in [-0.25, -0.2) is 14.5 Å². The van der Waals surface area contributed by atoms with Gasteiger partial charge in [-0.1, -0.05) is 35.3 Å². The number of benzene rings is 2. The zero-order chi connectivity index (χ0) is 32.0. The number of hydrogen-bond donors (Lipinski definition) is 1. The van der Waals surface area contributed by atoms with Crippen LogP contribution in [0.5, 0.6) is 0 Å². The molecule has 232 valence electrons. The number of nitrogens with zero attached hydrogens (tertiary/aromatic N) is 5. The average Bonchev–Trinajstić information content (AvgIpc) is 3.60. The van der Waals surface area contributed by atoms with Crippen LogP contribution in [0.1, 0.15) is 44.2 Å². The number of rotatable bonds is 5. The monoisotopic (exact) mass is 640 g/mol. The molecule has 2 aromatic carbocycles. The Morgan fingerprint density at radius 3 is 2.36 bits per heavy atom. The molecule has 0 saturated carbocycles. The van der Waals surface area contributed by atoms with E-state index < -0.39 is 35.1 Å². The molecule has 3 fully saturated rings. The van der Waals surface area contributed by atoms with Gasteiger partial charge in [0.05, 0.1) is 29.9 Å². The number of amides is 5. The van der Waals surface area contributed by atoms with Crippen LogP contribution in [-0.2, 0) is 14.3 Å². The van der Waals surface area contributed by atoms with Crippen LogP contribution in [0.25, 0.3) is 0 Å². The van der Waals surface area contributed by atoms with Crippen molar-refractivity contribution >= 4 is 52.8 Å². The van der Waals surface area contributed by atoms with Crippen LogP contribution in [0.15, 0.2) is 42.5 Å². The van der Waals surface area contributed by atoms with Crippen molar-refractivity contribution in [3.05, 3.63) is 63.6 Å². The number of alkyl carbamates (subject to hydrolysis) is 1. The van der Waals surface area contributed by atoms with Crippen LogP contribution in [0.3, 0.4) is 0 Å². The maximum atomic E-state index is 14.4. The minimum atomic E-state index is -1.33. The topological polar surface area (TPSA) is 126 Å². The van der Waals surface area contributed by atoms with Gasteiger partial charge in [0.1, 0.15) is 11.1 Å². The molecule has 5 rings (SSSR count). The van der Waals surface area contributed by atoms with Gasteiger partial charge in [-0.15, -0.1) is 0 Å². The molecule has 11 nitrogen and oxygen atoms in total. The number of anilines is 1. The Bertz CT molecular complexity index is 1520. The molecule has 0 bridgehead atoms. The fraction of sp³-hybridized carbons (Fsp3) is 0.452. The van der Waals surface area contributed by atoms with E-state index in [0.717, 1.165) is 10.5 Å². The van der Waals surface area contributed by atoms with E-state index in [0.29, 0.717) is 31.6 Å². The number of carbonyl (C=O) groups excluding carboxylic acids is 4. The molecule has 3 aliphatic heterocycles. The molecule has 3 aliphatic rings. The second-order valence-corrected chi connectivity index (χ2v) is 13.3. The first-order valence-corrected chi connectivity index (χ1v) is 15.1. The summed E-state index contributed by atoms with van der Waals surface area (Å²) in [5.41, 5.74) is -0.466. The highest BCUT2D eigenvalue weighted by molar-refractivity contribution is 6.35. The highest BCUT2D eigenvalue weighted by atomic mass is 35.5. The van der Waals surface area contributed by atoms with Gasteiger partial charge in [-0.05, 0) is 63.1 Å². The van der Waals surface area contributed by atoms with Crippen molar-refractivity contribution in [1.29, 1.82) is 5.26 Å². The Balaban J connectivity index is 1.38. The van der Waals surface area contributed by atoms with Gasteiger partial charge < -0.3 is 19.9 Å². The number of hydrogen-bond acceptors (Lipinski definition) is 7. The molecular formula is C31H34Cl2N6O5. The molecule has 3 atom stereocenters. The standard InChI is InChI=1S/C31H34Cl2N6O5/c1-30(2,3)44-28(42)35-23-9-10-38(15-23)26(40)17-37-16-25(20-7-5-19(14-34)6-8-20)31(18-37)27(41)39(29(43)36(31)4)24-12-21(32)11-22(33)13-24/h5-8,11-13,23,25H,9-10,15-18H2,1-4H3,(H,35,42)/t23?,25-,31+/m0/s1. The predicted octanol–water partition coefficient (Wildman–Crippen LogP) is 4.23. The van der Waals surface area contributed by atoms with Gasteiger partial charge in [0.25, 0.3) is 5.91 Å². The van der Waals surface area contributed by atoms with E-state index in [1.807, 2.05) is 4.90 Å². The van der Waals surface area contributed by atoms with Crippen LogP contribution >= 0.6 is 23.2 Å².